The zero-order valence-corrected chi connectivity index (χ0v) is 11.0. The molecular weight excluding hydrogens is 220 g/mol. The van der Waals surface area contributed by atoms with Crippen LogP contribution in [0.1, 0.15) is 45.7 Å². The van der Waals surface area contributed by atoms with E-state index in [0.717, 1.165) is 6.42 Å². The van der Waals surface area contributed by atoms with E-state index in [1.54, 1.807) is 11.7 Å². The number of aromatic nitrogens is 2. The number of anilines is 1. The van der Waals surface area contributed by atoms with E-state index in [9.17, 15) is 10.1 Å². The molecule has 1 heterocycles. The Hall–Kier alpha value is -1.59. The van der Waals surface area contributed by atoms with E-state index in [0.29, 0.717) is 11.5 Å². The van der Waals surface area contributed by atoms with Gasteiger partial charge in [-0.05, 0) is 13.3 Å². The maximum absolute atomic E-state index is 11.1. The van der Waals surface area contributed by atoms with Crippen molar-refractivity contribution in [2.45, 2.75) is 46.1 Å². The molecule has 17 heavy (non-hydrogen) atoms. The number of rotatable bonds is 5. The van der Waals surface area contributed by atoms with Gasteiger partial charge in [-0.15, -0.1) is 0 Å². The molecule has 0 aromatic carbocycles. The van der Waals surface area contributed by atoms with Crippen molar-refractivity contribution in [3.05, 3.63) is 15.8 Å². The Labute approximate surface area is 101 Å². The molecule has 1 rings (SSSR count). The standard InChI is InChI=1S/C11H20N4O2/c1-6-8(4)12-11-10(15(16)17)9(7(2)3)13-14(11)5/h7-8,12H,6H2,1-5H3. The summed E-state index contributed by atoms with van der Waals surface area (Å²) in [6, 6.07) is 0.184. The molecule has 1 aromatic rings. The van der Waals surface area contributed by atoms with Crippen molar-refractivity contribution < 1.29 is 4.92 Å². The zero-order chi connectivity index (χ0) is 13.2. The fourth-order valence-electron chi connectivity index (χ4n) is 1.60. The predicted molar refractivity (Wildman–Crippen MR) is 67.3 cm³/mol. The Bertz CT molecular complexity index is 412. The van der Waals surface area contributed by atoms with E-state index >= 15 is 0 Å². The van der Waals surface area contributed by atoms with Crippen molar-refractivity contribution in [3.63, 3.8) is 0 Å². The van der Waals surface area contributed by atoms with E-state index in [1.807, 2.05) is 27.7 Å². The van der Waals surface area contributed by atoms with Crippen molar-refractivity contribution in [1.29, 1.82) is 0 Å². The highest BCUT2D eigenvalue weighted by Crippen LogP contribution is 2.33. The van der Waals surface area contributed by atoms with E-state index in [1.165, 1.54) is 0 Å². The monoisotopic (exact) mass is 240 g/mol. The lowest BCUT2D eigenvalue weighted by Crippen LogP contribution is -2.16. The third-order valence-electron chi connectivity index (χ3n) is 2.77. The van der Waals surface area contributed by atoms with Crippen LogP contribution in [0.2, 0.25) is 0 Å². The summed E-state index contributed by atoms with van der Waals surface area (Å²) in [5, 5.41) is 18.5. The van der Waals surface area contributed by atoms with Crippen molar-refractivity contribution in [2.24, 2.45) is 7.05 Å². The summed E-state index contributed by atoms with van der Waals surface area (Å²) in [5.74, 6) is 0.530. The van der Waals surface area contributed by atoms with Crippen molar-refractivity contribution >= 4 is 11.5 Å². The molecule has 0 aliphatic heterocycles. The minimum Gasteiger partial charge on any atom is -0.362 e. The summed E-state index contributed by atoms with van der Waals surface area (Å²) < 4.78 is 1.56. The van der Waals surface area contributed by atoms with Crippen LogP contribution in [0, 0.1) is 10.1 Å². The van der Waals surface area contributed by atoms with Gasteiger partial charge in [0.25, 0.3) is 0 Å². The second kappa shape index (κ2) is 5.16. The maximum atomic E-state index is 11.1. The maximum Gasteiger partial charge on any atom is 0.334 e. The van der Waals surface area contributed by atoms with Gasteiger partial charge in [0, 0.05) is 19.0 Å². The highest BCUT2D eigenvalue weighted by Gasteiger charge is 2.28. The summed E-state index contributed by atoms with van der Waals surface area (Å²) in [4.78, 5) is 10.8. The summed E-state index contributed by atoms with van der Waals surface area (Å²) in [5.41, 5.74) is 0.631. The lowest BCUT2D eigenvalue weighted by molar-refractivity contribution is -0.384. The van der Waals surface area contributed by atoms with E-state index in [2.05, 4.69) is 10.4 Å². The van der Waals surface area contributed by atoms with Crippen molar-refractivity contribution in [2.75, 3.05) is 5.32 Å². The SMILES string of the molecule is CCC(C)Nc1c([N+](=O)[O-])c(C(C)C)nn1C. The third-order valence-corrected chi connectivity index (χ3v) is 2.77. The number of hydrogen-bond donors (Lipinski definition) is 1. The molecular formula is C11H20N4O2. The molecule has 0 aliphatic rings. The molecule has 6 heteroatoms. The molecule has 0 aliphatic carbocycles. The number of nitrogens with one attached hydrogen (secondary N) is 1. The average Bonchev–Trinajstić information content (AvgIpc) is 2.56. The Kier molecular flexibility index (Phi) is 4.09. The molecule has 0 spiro atoms. The highest BCUT2D eigenvalue weighted by atomic mass is 16.6. The fraction of sp³-hybridized carbons (Fsp3) is 0.727. The molecule has 0 saturated carbocycles. The molecule has 1 unspecified atom stereocenters. The van der Waals surface area contributed by atoms with Gasteiger partial charge >= 0.3 is 5.69 Å². The summed E-state index contributed by atoms with van der Waals surface area (Å²) in [6.07, 6.45) is 0.902. The molecule has 1 N–H and O–H groups in total. The lowest BCUT2D eigenvalue weighted by atomic mass is 10.1. The molecule has 96 valence electrons. The number of nitro groups is 1. The fourth-order valence-corrected chi connectivity index (χ4v) is 1.60. The van der Waals surface area contributed by atoms with Crippen molar-refractivity contribution in [3.8, 4) is 0 Å². The van der Waals surface area contributed by atoms with Crippen LogP contribution in [0.4, 0.5) is 11.5 Å². The minimum atomic E-state index is -0.354. The van der Waals surface area contributed by atoms with E-state index in [-0.39, 0.29) is 22.6 Å². The molecule has 0 fully saturated rings. The first-order valence-electron chi connectivity index (χ1n) is 5.86. The number of nitrogens with zero attached hydrogens (tertiary/aromatic N) is 3. The molecule has 0 bridgehead atoms. The van der Waals surface area contributed by atoms with Gasteiger partial charge in [0.15, 0.2) is 0 Å². The molecule has 0 amide bonds. The number of hydrogen-bond acceptors (Lipinski definition) is 4. The Morgan fingerprint density at radius 1 is 1.47 bits per heavy atom. The normalized spacial score (nSPS) is 12.8. The quantitative estimate of drug-likeness (QED) is 0.634. The minimum absolute atomic E-state index is 0.0362. The van der Waals surface area contributed by atoms with Crippen LogP contribution >= 0.6 is 0 Å². The second-order valence-electron chi connectivity index (χ2n) is 4.57. The van der Waals surface area contributed by atoms with Crippen LogP contribution in [0.5, 0.6) is 0 Å². The zero-order valence-electron chi connectivity index (χ0n) is 11.0. The predicted octanol–water partition coefficient (Wildman–Crippen LogP) is 2.66. The topological polar surface area (TPSA) is 73.0 Å². The lowest BCUT2D eigenvalue weighted by Gasteiger charge is -2.11. The Morgan fingerprint density at radius 2 is 2.06 bits per heavy atom. The first kappa shape index (κ1) is 13.5. The van der Waals surface area contributed by atoms with Crippen molar-refractivity contribution in [1.82, 2.24) is 9.78 Å². The Balaban J connectivity index is 3.23. The highest BCUT2D eigenvalue weighted by molar-refractivity contribution is 5.60. The average molecular weight is 240 g/mol. The summed E-state index contributed by atoms with van der Waals surface area (Å²) in [7, 11) is 1.73. The van der Waals surface area contributed by atoms with Gasteiger partial charge in [-0.1, -0.05) is 20.8 Å². The van der Waals surface area contributed by atoms with E-state index in [4.69, 9.17) is 0 Å². The summed E-state index contributed by atoms with van der Waals surface area (Å²) in [6.45, 7) is 7.83. The van der Waals surface area contributed by atoms with Gasteiger partial charge in [-0.2, -0.15) is 5.10 Å². The molecule has 1 atom stereocenters. The first-order chi connectivity index (χ1) is 7.88. The molecule has 1 aromatic heterocycles. The van der Waals surface area contributed by atoms with Crippen LogP contribution < -0.4 is 5.32 Å². The van der Waals surface area contributed by atoms with Gasteiger partial charge in [-0.3, -0.25) is 10.1 Å². The van der Waals surface area contributed by atoms with Crippen LogP contribution in [0.3, 0.4) is 0 Å². The van der Waals surface area contributed by atoms with Gasteiger partial charge in [-0.25, -0.2) is 4.68 Å². The van der Waals surface area contributed by atoms with Gasteiger partial charge < -0.3 is 5.32 Å². The Morgan fingerprint density at radius 3 is 2.47 bits per heavy atom. The molecule has 6 nitrogen and oxygen atoms in total. The van der Waals surface area contributed by atoms with Gasteiger partial charge in [0.05, 0.1) is 4.92 Å². The van der Waals surface area contributed by atoms with Crippen LogP contribution in [-0.2, 0) is 7.05 Å². The smallest absolute Gasteiger partial charge is 0.334 e. The second-order valence-corrected chi connectivity index (χ2v) is 4.57. The van der Waals surface area contributed by atoms with Crippen LogP contribution in [0.15, 0.2) is 0 Å². The van der Waals surface area contributed by atoms with Gasteiger partial charge in [0.1, 0.15) is 5.69 Å². The van der Waals surface area contributed by atoms with Crippen LogP contribution in [0.25, 0.3) is 0 Å². The largest absolute Gasteiger partial charge is 0.362 e. The van der Waals surface area contributed by atoms with Crippen LogP contribution in [-0.4, -0.2) is 20.7 Å². The molecule has 0 saturated heterocycles. The van der Waals surface area contributed by atoms with E-state index < -0.39 is 0 Å². The molecule has 0 radical (unpaired) electrons. The first-order valence-corrected chi connectivity index (χ1v) is 5.86. The van der Waals surface area contributed by atoms with Gasteiger partial charge in [0.2, 0.25) is 5.82 Å². The summed E-state index contributed by atoms with van der Waals surface area (Å²) >= 11 is 0. The number of aryl methyl sites for hydroxylation is 1. The third kappa shape index (κ3) is 2.75.